The summed E-state index contributed by atoms with van der Waals surface area (Å²) in [7, 11) is -2.88. The van der Waals surface area contributed by atoms with Gasteiger partial charge in [-0.05, 0) is 38.0 Å². The van der Waals surface area contributed by atoms with E-state index in [0.29, 0.717) is 19.1 Å². The van der Waals surface area contributed by atoms with E-state index in [-0.39, 0.29) is 29.4 Å². The highest BCUT2D eigenvalue weighted by atomic mass is 32.2. The molecule has 2 atom stereocenters. The summed E-state index contributed by atoms with van der Waals surface area (Å²) in [6.45, 7) is 3.30. The monoisotopic (exact) mass is 464 g/mol. The first-order chi connectivity index (χ1) is 14.9. The lowest BCUT2D eigenvalue weighted by Gasteiger charge is -2.34. The quantitative estimate of drug-likeness (QED) is 0.706. The molecule has 6 nitrogen and oxygen atoms in total. The van der Waals surface area contributed by atoms with Crippen molar-refractivity contribution >= 4 is 43.2 Å². The van der Waals surface area contributed by atoms with Gasteiger partial charge < -0.3 is 10.3 Å². The molecule has 0 amide bonds. The van der Waals surface area contributed by atoms with E-state index in [1.165, 1.54) is 12.8 Å². The minimum absolute atomic E-state index is 0.125. The van der Waals surface area contributed by atoms with E-state index in [2.05, 4.69) is 22.1 Å². The molecule has 31 heavy (non-hydrogen) atoms. The lowest BCUT2D eigenvalue weighted by atomic mass is 10.1. The number of fused-ring (bicyclic) bond motifs is 1. The third kappa shape index (κ3) is 4.50. The maximum atomic E-state index is 14.2. The number of hydrogen-bond donors (Lipinski definition) is 2. The Morgan fingerprint density at radius 2 is 1.97 bits per heavy atom. The standard InChI is InChI=1S/C22H29FN4O2S2/c1-14(27-6-8-31(28,29)9-7-27)20-13-30-22(26-20)19-11-15-10-16(23)12-18(21(15)25-19)24-17-4-2-3-5-17/h10-12,14,17,20,24-25H,2-9,13H2,1H3/t14?,20-/m0/s1. The Labute approximate surface area is 187 Å². The zero-order valence-corrected chi connectivity index (χ0v) is 19.4. The number of rotatable bonds is 5. The predicted octanol–water partition coefficient (Wildman–Crippen LogP) is 3.64. The van der Waals surface area contributed by atoms with Crippen LogP contribution in [0.15, 0.2) is 23.2 Å². The molecule has 168 valence electrons. The Morgan fingerprint density at radius 1 is 1.23 bits per heavy atom. The minimum atomic E-state index is -2.88. The molecule has 2 fully saturated rings. The van der Waals surface area contributed by atoms with Crippen LogP contribution in [0, 0.1) is 5.82 Å². The van der Waals surface area contributed by atoms with Crippen LogP contribution < -0.4 is 5.32 Å². The number of sulfone groups is 1. The predicted molar refractivity (Wildman–Crippen MR) is 127 cm³/mol. The van der Waals surface area contributed by atoms with Crippen LogP contribution in [0.25, 0.3) is 10.9 Å². The van der Waals surface area contributed by atoms with Crippen LogP contribution in [0.1, 0.15) is 38.3 Å². The molecule has 5 rings (SSSR count). The first kappa shape index (κ1) is 21.3. The van der Waals surface area contributed by atoms with Gasteiger partial charge in [-0.2, -0.15) is 0 Å². The van der Waals surface area contributed by atoms with Crippen molar-refractivity contribution in [2.24, 2.45) is 4.99 Å². The Hall–Kier alpha value is -1.58. The van der Waals surface area contributed by atoms with Gasteiger partial charge in [0, 0.05) is 36.3 Å². The van der Waals surface area contributed by atoms with Crippen molar-refractivity contribution in [3.05, 3.63) is 29.7 Å². The molecule has 3 aliphatic rings. The first-order valence-corrected chi connectivity index (χ1v) is 13.9. The number of aromatic nitrogens is 1. The third-order valence-corrected chi connectivity index (χ3v) is 9.54. The molecule has 0 spiro atoms. The van der Waals surface area contributed by atoms with Crippen molar-refractivity contribution in [2.45, 2.75) is 50.7 Å². The van der Waals surface area contributed by atoms with Crippen LogP contribution in [0.3, 0.4) is 0 Å². The number of H-pyrrole nitrogens is 1. The van der Waals surface area contributed by atoms with E-state index in [0.717, 1.165) is 45.9 Å². The molecule has 1 unspecified atom stereocenters. The van der Waals surface area contributed by atoms with Crippen molar-refractivity contribution in [3.63, 3.8) is 0 Å². The molecule has 2 aromatic rings. The molecule has 1 saturated carbocycles. The Bertz CT molecular complexity index is 1090. The van der Waals surface area contributed by atoms with E-state index in [4.69, 9.17) is 4.99 Å². The first-order valence-electron chi connectivity index (χ1n) is 11.1. The lowest BCUT2D eigenvalue weighted by Crippen LogP contribution is -2.49. The molecule has 2 aliphatic heterocycles. The Kier molecular flexibility index (Phi) is 5.77. The summed E-state index contributed by atoms with van der Waals surface area (Å²) in [4.78, 5) is 10.7. The average Bonchev–Trinajstić information content (AvgIpc) is 3.47. The molecule has 2 N–H and O–H groups in total. The van der Waals surface area contributed by atoms with Gasteiger partial charge in [-0.15, -0.1) is 11.8 Å². The van der Waals surface area contributed by atoms with Crippen LogP contribution >= 0.6 is 11.8 Å². The van der Waals surface area contributed by atoms with Crippen LogP contribution in [0.5, 0.6) is 0 Å². The van der Waals surface area contributed by atoms with Crippen LogP contribution in [-0.4, -0.2) is 71.8 Å². The normalized spacial score (nSPS) is 25.7. The second-order valence-electron chi connectivity index (χ2n) is 8.97. The van der Waals surface area contributed by atoms with Gasteiger partial charge in [0.2, 0.25) is 0 Å². The molecular weight excluding hydrogens is 435 g/mol. The molecule has 0 bridgehead atoms. The summed E-state index contributed by atoms with van der Waals surface area (Å²) < 4.78 is 37.7. The van der Waals surface area contributed by atoms with Gasteiger partial charge in [-0.1, -0.05) is 12.8 Å². The minimum Gasteiger partial charge on any atom is -0.381 e. The topological polar surface area (TPSA) is 77.6 Å². The SMILES string of the molecule is CC([C@@H]1CSC(c2cc3cc(F)cc(NC4CCCC4)c3[nH]2)=N1)N1CCS(=O)(=O)CC1. The second kappa shape index (κ2) is 8.41. The summed E-state index contributed by atoms with van der Waals surface area (Å²) in [5.41, 5.74) is 2.69. The summed E-state index contributed by atoms with van der Waals surface area (Å²) in [5.74, 6) is 1.11. The highest BCUT2D eigenvalue weighted by Gasteiger charge is 2.32. The van der Waals surface area contributed by atoms with Crippen LogP contribution in [-0.2, 0) is 9.84 Å². The second-order valence-corrected chi connectivity index (χ2v) is 12.3. The number of benzene rings is 1. The number of anilines is 1. The van der Waals surface area contributed by atoms with Crippen LogP contribution in [0.4, 0.5) is 10.1 Å². The zero-order valence-electron chi connectivity index (χ0n) is 17.7. The van der Waals surface area contributed by atoms with Crippen molar-refractivity contribution < 1.29 is 12.8 Å². The van der Waals surface area contributed by atoms with Gasteiger partial charge in [0.1, 0.15) is 10.9 Å². The van der Waals surface area contributed by atoms with Gasteiger partial charge in [-0.3, -0.25) is 9.89 Å². The fourth-order valence-electron chi connectivity index (χ4n) is 4.89. The highest BCUT2D eigenvalue weighted by Crippen LogP contribution is 2.33. The molecule has 1 aliphatic carbocycles. The molecule has 3 heterocycles. The number of thioether (sulfide) groups is 1. The number of halogens is 1. The fourth-order valence-corrected chi connectivity index (χ4v) is 7.27. The summed E-state index contributed by atoms with van der Waals surface area (Å²) >= 11 is 1.71. The number of aliphatic imine (C=N–C) groups is 1. The maximum absolute atomic E-state index is 14.2. The lowest BCUT2D eigenvalue weighted by molar-refractivity contribution is 0.207. The average molecular weight is 465 g/mol. The molecule has 1 saturated heterocycles. The third-order valence-electron chi connectivity index (χ3n) is 6.82. The number of aromatic amines is 1. The smallest absolute Gasteiger partial charge is 0.152 e. The van der Waals surface area contributed by atoms with Crippen molar-refractivity contribution in [1.29, 1.82) is 0 Å². The highest BCUT2D eigenvalue weighted by molar-refractivity contribution is 8.14. The van der Waals surface area contributed by atoms with Crippen molar-refractivity contribution in [1.82, 2.24) is 9.88 Å². The Morgan fingerprint density at radius 3 is 2.71 bits per heavy atom. The number of hydrogen-bond acceptors (Lipinski definition) is 6. The van der Waals surface area contributed by atoms with Crippen molar-refractivity contribution in [3.8, 4) is 0 Å². The Balaban J connectivity index is 1.35. The van der Waals surface area contributed by atoms with E-state index in [1.807, 2.05) is 6.07 Å². The number of nitrogens with zero attached hydrogens (tertiary/aromatic N) is 2. The molecule has 0 radical (unpaired) electrons. The fraction of sp³-hybridized carbons (Fsp3) is 0.591. The maximum Gasteiger partial charge on any atom is 0.152 e. The largest absolute Gasteiger partial charge is 0.381 e. The van der Waals surface area contributed by atoms with Gasteiger partial charge in [0.25, 0.3) is 0 Å². The van der Waals surface area contributed by atoms with Gasteiger partial charge in [0.15, 0.2) is 9.84 Å². The van der Waals surface area contributed by atoms with Crippen molar-refractivity contribution in [2.75, 3.05) is 35.7 Å². The van der Waals surface area contributed by atoms with Gasteiger partial charge in [0.05, 0.1) is 34.4 Å². The molecular formula is C22H29FN4O2S2. The van der Waals surface area contributed by atoms with E-state index in [9.17, 15) is 12.8 Å². The summed E-state index contributed by atoms with van der Waals surface area (Å²) in [5, 5.41) is 5.34. The number of nitrogens with one attached hydrogen (secondary N) is 2. The molecule has 1 aromatic carbocycles. The van der Waals surface area contributed by atoms with Gasteiger partial charge in [-0.25, -0.2) is 12.8 Å². The van der Waals surface area contributed by atoms with Crippen LogP contribution in [0.2, 0.25) is 0 Å². The van der Waals surface area contributed by atoms with Gasteiger partial charge >= 0.3 is 0 Å². The summed E-state index contributed by atoms with van der Waals surface area (Å²) in [6.07, 6.45) is 4.71. The van der Waals surface area contributed by atoms with E-state index < -0.39 is 9.84 Å². The van der Waals surface area contributed by atoms with E-state index in [1.54, 1.807) is 23.9 Å². The molecule has 9 heteroatoms. The summed E-state index contributed by atoms with van der Waals surface area (Å²) in [6, 6.07) is 5.88. The van der Waals surface area contributed by atoms with E-state index >= 15 is 0 Å². The molecule has 1 aromatic heterocycles. The zero-order chi connectivity index (χ0) is 21.6.